The van der Waals surface area contributed by atoms with E-state index in [2.05, 4.69) is 11.0 Å². The molecule has 0 saturated carbocycles. The normalized spacial score (nSPS) is 18.6. The Hall–Kier alpha value is -1.92. The molecule has 2 heterocycles. The molecule has 0 bridgehead atoms. The van der Waals surface area contributed by atoms with Crippen LogP contribution in [-0.4, -0.2) is 66.4 Å². The number of piperazine rings is 1. The van der Waals surface area contributed by atoms with Gasteiger partial charge in [-0.25, -0.2) is 0 Å². The van der Waals surface area contributed by atoms with Crippen LogP contribution in [0.1, 0.15) is 19.4 Å². The second-order valence-corrected chi connectivity index (χ2v) is 7.21. The average Bonchev–Trinajstić information content (AvgIpc) is 2.98. The highest BCUT2D eigenvalue weighted by molar-refractivity contribution is 5.96. The molecule has 0 radical (unpaired) electrons. The highest BCUT2D eigenvalue weighted by atomic mass is 16.2. The average molecular weight is 330 g/mol. The zero-order valence-electron chi connectivity index (χ0n) is 14.5. The van der Waals surface area contributed by atoms with Crippen molar-refractivity contribution < 1.29 is 9.59 Å². The van der Waals surface area contributed by atoms with Gasteiger partial charge >= 0.3 is 0 Å². The van der Waals surface area contributed by atoms with Crippen LogP contribution in [0.25, 0.3) is 0 Å². The number of hydrogen-bond donors (Lipinski definition) is 1. The number of amides is 2. The van der Waals surface area contributed by atoms with Crippen LogP contribution in [0, 0.1) is 0 Å². The Morgan fingerprint density at radius 2 is 1.75 bits per heavy atom. The van der Waals surface area contributed by atoms with Crippen molar-refractivity contribution in [3.63, 3.8) is 0 Å². The molecule has 0 aromatic heterocycles. The number of carbonyl (C=O) groups excluding carboxylic acids is 2. The molecule has 1 aromatic rings. The highest BCUT2D eigenvalue weighted by Crippen LogP contribution is 2.27. The second-order valence-electron chi connectivity index (χ2n) is 7.21. The van der Waals surface area contributed by atoms with Crippen LogP contribution >= 0.6 is 0 Å². The smallest absolute Gasteiger partial charge is 0.242 e. The van der Waals surface area contributed by atoms with Gasteiger partial charge in [-0.2, -0.15) is 0 Å². The van der Waals surface area contributed by atoms with E-state index in [9.17, 15) is 9.59 Å². The van der Waals surface area contributed by atoms with Crippen molar-refractivity contribution in [1.29, 1.82) is 0 Å². The molecule has 1 saturated heterocycles. The third-order valence-electron chi connectivity index (χ3n) is 4.76. The maximum atomic E-state index is 12.6. The zero-order chi connectivity index (χ0) is 17.3. The van der Waals surface area contributed by atoms with Gasteiger partial charge in [0.15, 0.2) is 0 Å². The maximum Gasteiger partial charge on any atom is 0.242 e. The molecule has 130 valence electrons. The van der Waals surface area contributed by atoms with E-state index in [0.717, 1.165) is 18.7 Å². The summed E-state index contributed by atoms with van der Waals surface area (Å²) in [7, 11) is 0. The van der Waals surface area contributed by atoms with E-state index in [0.29, 0.717) is 32.7 Å². The van der Waals surface area contributed by atoms with Crippen LogP contribution < -0.4 is 10.6 Å². The third-order valence-corrected chi connectivity index (χ3v) is 4.76. The number of hydrogen-bond acceptors (Lipinski definition) is 4. The van der Waals surface area contributed by atoms with Crippen molar-refractivity contribution in [2.24, 2.45) is 5.73 Å². The molecule has 0 atom stereocenters. The predicted molar refractivity (Wildman–Crippen MR) is 93.8 cm³/mol. The lowest BCUT2D eigenvalue weighted by Crippen LogP contribution is -2.57. The highest BCUT2D eigenvalue weighted by Gasteiger charge is 2.31. The summed E-state index contributed by atoms with van der Waals surface area (Å²) in [4.78, 5) is 30.6. The van der Waals surface area contributed by atoms with Gasteiger partial charge in [-0.15, -0.1) is 0 Å². The molecule has 6 nitrogen and oxygen atoms in total. The Morgan fingerprint density at radius 3 is 2.42 bits per heavy atom. The number of rotatable bonds is 3. The van der Waals surface area contributed by atoms with Gasteiger partial charge in [0.05, 0.1) is 12.1 Å². The fourth-order valence-electron chi connectivity index (χ4n) is 3.39. The Bertz CT molecular complexity index is 630. The molecular weight excluding hydrogens is 304 g/mol. The second kappa shape index (κ2) is 6.53. The lowest BCUT2D eigenvalue weighted by molar-refractivity contribution is -0.137. The summed E-state index contributed by atoms with van der Waals surface area (Å²) in [5, 5.41) is 0. The van der Waals surface area contributed by atoms with E-state index in [1.54, 1.807) is 18.7 Å². The standard InChI is InChI=1S/C18H26N4O2/c1-18(2,19)17(24)21-11-9-20(10-12-21)13-16(23)22-8-7-14-5-3-4-6-15(14)22/h3-6H,7-13,19H2,1-2H3. The summed E-state index contributed by atoms with van der Waals surface area (Å²) in [5.41, 5.74) is 7.34. The monoisotopic (exact) mass is 330 g/mol. The topological polar surface area (TPSA) is 69.9 Å². The van der Waals surface area contributed by atoms with Crippen LogP contribution in [0.4, 0.5) is 5.69 Å². The fourth-order valence-corrected chi connectivity index (χ4v) is 3.39. The minimum absolute atomic E-state index is 0.0260. The quantitative estimate of drug-likeness (QED) is 0.874. The minimum atomic E-state index is -0.836. The first-order chi connectivity index (χ1) is 11.4. The van der Waals surface area contributed by atoms with Gasteiger partial charge in [-0.3, -0.25) is 14.5 Å². The SMILES string of the molecule is CC(C)(N)C(=O)N1CCN(CC(=O)N2CCc3ccccc32)CC1. The molecule has 0 unspecified atom stereocenters. The molecule has 2 N–H and O–H groups in total. The van der Waals surface area contributed by atoms with Crippen molar-refractivity contribution >= 4 is 17.5 Å². The van der Waals surface area contributed by atoms with Gasteiger partial charge in [0.1, 0.15) is 0 Å². The zero-order valence-corrected chi connectivity index (χ0v) is 14.5. The van der Waals surface area contributed by atoms with Crippen LogP contribution in [0.3, 0.4) is 0 Å². The van der Waals surface area contributed by atoms with Crippen LogP contribution in [0.15, 0.2) is 24.3 Å². The van der Waals surface area contributed by atoms with E-state index >= 15 is 0 Å². The number of para-hydroxylation sites is 1. The summed E-state index contributed by atoms with van der Waals surface area (Å²) in [6, 6.07) is 8.09. The number of anilines is 1. The van der Waals surface area contributed by atoms with E-state index in [1.165, 1.54) is 5.56 Å². The third kappa shape index (κ3) is 3.44. The first kappa shape index (κ1) is 16.9. The van der Waals surface area contributed by atoms with E-state index in [1.807, 2.05) is 23.1 Å². The number of nitrogens with two attached hydrogens (primary N) is 1. The number of benzene rings is 1. The fraction of sp³-hybridized carbons (Fsp3) is 0.556. The Morgan fingerprint density at radius 1 is 1.08 bits per heavy atom. The van der Waals surface area contributed by atoms with Crippen molar-refractivity contribution in [3.8, 4) is 0 Å². The molecule has 3 rings (SSSR count). The Balaban J connectivity index is 1.54. The van der Waals surface area contributed by atoms with E-state index in [4.69, 9.17) is 5.73 Å². The van der Waals surface area contributed by atoms with Gasteiger partial charge in [-0.05, 0) is 31.9 Å². The van der Waals surface area contributed by atoms with Gasteiger partial charge in [0.2, 0.25) is 11.8 Å². The van der Waals surface area contributed by atoms with Crippen molar-refractivity contribution in [1.82, 2.24) is 9.80 Å². The van der Waals surface area contributed by atoms with Crippen LogP contribution in [0.5, 0.6) is 0 Å². The Kier molecular flexibility index (Phi) is 4.60. The van der Waals surface area contributed by atoms with Crippen molar-refractivity contribution in [2.45, 2.75) is 25.8 Å². The van der Waals surface area contributed by atoms with Crippen molar-refractivity contribution in [2.75, 3.05) is 44.2 Å². The number of carbonyl (C=O) groups is 2. The summed E-state index contributed by atoms with van der Waals surface area (Å²) >= 11 is 0. The number of fused-ring (bicyclic) bond motifs is 1. The molecule has 2 aliphatic rings. The predicted octanol–water partition coefficient (Wildman–Crippen LogP) is 0.457. The van der Waals surface area contributed by atoms with E-state index < -0.39 is 5.54 Å². The molecule has 0 spiro atoms. The summed E-state index contributed by atoms with van der Waals surface area (Å²) in [6.45, 7) is 7.31. The first-order valence-electron chi connectivity index (χ1n) is 8.55. The Labute approximate surface area is 143 Å². The number of nitrogens with zero attached hydrogens (tertiary/aromatic N) is 3. The van der Waals surface area contributed by atoms with Gasteiger partial charge < -0.3 is 15.5 Å². The van der Waals surface area contributed by atoms with E-state index in [-0.39, 0.29) is 11.8 Å². The molecule has 2 amide bonds. The van der Waals surface area contributed by atoms with Gasteiger partial charge in [0, 0.05) is 38.4 Å². The largest absolute Gasteiger partial charge is 0.339 e. The first-order valence-corrected chi connectivity index (χ1v) is 8.55. The van der Waals surface area contributed by atoms with Crippen LogP contribution in [0.2, 0.25) is 0 Å². The molecule has 1 fully saturated rings. The van der Waals surface area contributed by atoms with Gasteiger partial charge in [0.25, 0.3) is 0 Å². The van der Waals surface area contributed by atoms with Crippen LogP contribution in [-0.2, 0) is 16.0 Å². The lowest BCUT2D eigenvalue weighted by Gasteiger charge is -2.37. The molecule has 2 aliphatic heterocycles. The summed E-state index contributed by atoms with van der Waals surface area (Å²) < 4.78 is 0. The molecule has 0 aliphatic carbocycles. The molecule has 1 aromatic carbocycles. The molecule has 6 heteroatoms. The summed E-state index contributed by atoms with van der Waals surface area (Å²) in [5.74, 6) is 0.112. The minimum Gasteiger partial charge on any atom is -0.339 e. The van der Waals surface area contributed by atoms with Gasteiger partial charge in [-0.1, -0.05) is 18.2 Å². The summed E-state index contributed by atoms with van der Waals surface area (Å²) in [6.07, 6.45) is 0.926. The van der Waals surface area contributed by atoms with Crippen molar-refractivity contribution in [3.05, 3.63) is 29.8 Å². The lowest BCUT2D eigenvalue weighted by atomic mass is 10.0. The molecular formula is C18H26N4O2. The maximum absolute atomic E-state index is 12.6. The molecule has 24 heavy (non-hydrogen) atoms.